The van der Waals surface area contributed by atoms with E-state index in [-0.39, 0.29) is 6.04 Å². The quantitative estimate of drug-likeness (QED) is 0.902. The molecule has 5 heteroatoms. The highest BCUT2D eigenvalue weighted by molar-refractivity contribution is 7.09. The number of aromatic nitrogens is 1. The van der Waals surface area contributed by atoms with Gasteiger partial charge in [0.25, 0.3) is 0 Å². The Labute approximate surface area is 121 Å². The van der Waals surface area contributed by atoms with E-state index in [0.717, 1.165) is 22.8 Å². The fourth-order valence-corrected chi connectivity index (χ4v) is 3.07. The van der Waals surface area contributed by atoms with E-state index >= 15 is 0 Å². The van der Waals surface area contributed by atoms with Gasteiger partial charge in [0.1, 0.15) is 5.01 Å². The second kappa shape index (κ2) is 6.02. The molecule has 1 N–H and O–H groups in total. The van der Waals surface area contributed by atoms with Crippen LogP contribution in [0.15, 0.2) is 23.6 Å². The second-order valence-electron chi connectivity index (χ2n) is 3.98. The Morgan fingerprint density at radius 2 is 2.17 bits per heavy atom. The number of benzene rings is 1. The van der Waals surface area contributed by atoms with Crippen molar-refractivity contribution in [2.45, 2.75) is 19.9 Å². The van der Waals surface area contributed by atoms with Crippen LogP contribution in [0.3, 0.4) is 0 Å². The zero-order valence-corrected chi connectivity index (χ0v) is 12.5. The van der Waals surface area contributed by atoms with E-state index in [4.69, 9.17) is 23.2 Å². The summed E-state index contributed by atoms with van der Waals surface area (Å²) >= 11 is 13.9. The van der Waals surface area contributed by atoms with Gasteiger partial charge in [-0.05, 0) is 37.2 Å². The first-order chi connectivity index (χ1) is 8.61. The fraction of sp³-hybridized carbons (Fsp3) is 0.308. The van der Waals surface area contributed by atoms with Crippen molar-refractivity contribution in [3.8, 4) is 0 Å². The maximum Gasteiger partial charge on any atom is 0.114 e. The van der Waals surface area contributed by atoms with Crippen molar-refractivity contribution in [1.82, 2.24) is 10.3 Å². The average Bonchev–Trinajstić information content (AvgIpc) is 2.76. The summed E-state index contributed by atoms with van der Waals surface area (Å²) < 4.78 is 0. The van der Waals surface area contributed by atoms with Crippen LogP contribution in [0.5, 0.6) is 0 Å². The normalized spacial score (nSPS) is 12.7. The Kier molecular flexibility index (Phi) is 4.62. The lowest BCUT2D eigenvalue weighted by Crippen LogP contribution is -2.22. The zero-order chi connectivity index (χ0) is 13.1. The third-order valence-electron chi connectivity index (χ3n) is 2.56. The van der Waals surface area contributed by atoms with Gasteiger partial charge in [0.2, 0.25) is 0 Å². The molecule has 1 aromatic carbocycles. The van der Waals surface area contributed by atoms with E-state index < -0.39 is 0 Å². The van der Waals surface area contributed by atoms with Crippen molar-refractivity contribution in [1.29, 1.82) is 0 Å². The molecule has 1 atom stereocenters. The van der Waals surface area contributed by atoms with Gasteiger partial charge in [0, 0.05) is 21.1 Å². The Bertz CT molecular complexity index is 540. The third kappa shape index (κ3) is 3.04. The SMILES string of the molecule is CCNC(c1nc(C)cs1)c1cc(Cl)ccc1Cl. The third-order valence-corrected chi connectivity index (χ3v) is 4.17. The zero-order valence-electron chi connectivity index (χ0n) is 10.2. The molecule has 0 aliphatic heterocycles. The smallest absolute Gasteiger partial charge is 0.114 e. The molecule has 0 aliphatic rings. The van der Waals surface area contributed by atoms with Gasteiger partial charge in [-0.15, -0.1) is 11.3 Å². The lowest BCUT2D eigenvalue weighted by Gasteiger charge is -2.17. The van der Waals surface area contributed by atoms with Gasteiger partial charge in [-0.3, -0.25) is 0 Å². The van der Waals surface area contributed by atoms with Crippen LogP contribution < -0.4 is 5.32 Å². The van der Waals surface area contributed by atoms with E-state index in [2.05, 4.69) is 17.2 Å². The number of rotatable bonds is 4. The Morgan fingerprint density at radius 1 is 1.39 bits per heavy atom. The molecular weight excluding hydrogens is 287 g/mol. The molecular formula is C13H14Cl2N2S. The second-order valence-corrected chi connectivity index (χ2v) is 5.72. The van der Waals surface area contributed by atoms with E-state index in [1.807, 2.05) is 24.4 Å². The number of nitrogens with one attached hydrogen (secondary N) is 1. The monoisotopic (exact) mass is 300 g/mol. The number of nitrogens with zero attached hydrogens (tertiary/aromatic N) is 1. The topological polar surface area (TPSA) is 24.9 Å². The average molecular weight is 301 g/mol. The highest BCUT2D eigenvalue weighted by Gasteiger charge is 2.19. The molecule has 0 spiro atoms. The van der Waals surface area contributed by atoms with Crippen molar-refractivity contribution < 1.29 is 0 Å². The molecule has 2 nitrogen and oxygen atoms in total. The molecule has 1 heterocycles. The summed E-state index contributed by atoms with van der Waals surface area (Å²) in [5, 5.41) is 7.85. The van der Waals surface area contributed by atoms with Gasteiger partial charge in [0.15, 0.2) is 0 Å². The number of aryl methyl sites for hydroxylation is 1. The largest absolute Gasteiger partial charge is 0.304 e. The predicted molar refractivity (Wildman–Crippen MR) is 78.8 cm³/mol. The first kappa shape index (κ1) is 13.8. The number of hydrogen-bond acceptors (Lipinski definition) is 3. The molecule has 0 saturated heterocycles. The molecule has 1 unspecified atom stereocenters. The van der Waals surface area contributed by atoms with Crippen LogP contribution in [0.4, 0.5) is 0 Å². The minimum absolute atomic E-state index is 0.0000926. The predicted octanol–water partition coefficient (Wildman–Crippen LogP) is 4.46. The fourth-order valence-electron chi connectivity index (χ4n) is 1.78. The lowest BCUT2D eigenvalue weighted by atomic mass is 10.1. The van der Waals surface area contributed by atoms with Gasteiger partial charge in [-0.25, -0.2) is 4.98 Å². The molecule has 0 saturated carbocycles. The number of thiazole rings is 1. The van der Waals surface area contributed by atoms with Crippen LogP contribution in [-0.4, -0.2) is 11.5 Å². The lowest BCUT2D eigenvalue weighted by molar-refractivity contribution is 0.626. The molecule has 1 aromatic heterocycles. The van der Waals surface area contributed by atoms with Gasteiger partial charge < -0.3 is 5.32 Å². The van der Waals surface area contributed by atoms with Crippen molar-refractivity contribution in [2.75, 3.05) is 6.54 Å². The molecule has 0 fully saturated rings. The van der Waals surface area contributed by atoms with E-state index in [1.165, 1.54) is 0 Å². The van der Waals surface area contributed by atoms with Gasteiger partial charge in [-0.1, -0.05) is 30.1 Å². The summed E-state index contributed by atoms with van der Waals surface area (Å²) in [6, 6.07) is 5.52. The van der Waals surface area contributed by atoms with Crippen molar-refractivity contribution in [3.63, 3.8) is 0 Å². The molecule has 2 rings (SSSR count). The summed E-state index contributed by atoms with van der Waals surface area (Å²) in [4.78, 5) is 4.53. The van der Waals surface area contributed by atoms with Crippen LogP contribution in [0, 0.1) is 6.92 Å². The van der Waals surface area contributed by atoms with E-state index in [9.17, 15) is 0 Å². The summed E-state index contributed by atoms with van der Waals surface area (Å²) in [7, 11) is 0. The summed E-state index contributed by atoms with van der Waals surface area (Å²) in [6.45, 7) is 4.89. The van der Waals surface area contributed by atoms with Gasteiger partial charge >= 0.3 is 0 Å². The standard InChI is InChI=1S/C13H14Cl2N2S/c1-3-16-12(13-17-8(2)7-18-13)10-6-9(14)4-5-11(10)15/h4-7,12,16H,3H2,1-2H3. The minimum atomic E-state index is -0.0000926. The highest BCUT2D eigenvalue weighted by Crippen LogP contribution is 2.32. The highest BCUT2D eigenvalue weighted by atomic mass is 35.5. The van der Waals surface area contributed by atoms with Crippen LogP contribution in [0.1, 0.15) is 29.2 Å². The first-order valence-electron chi connectivity index (χ1n) is 5.72. The Morgan fingerprint density at radius 3 is 2.78 bits per heavy atom. The van der Waals surface area contributed by atoms with Gasteiger partial charge in [0.05, 0.1) is 6.04 Å². The summed E-state index contributed by atoms with van der Waals surface area (Å²) in [5.74, 6) is 0. The minimum Gasteiger partial charge on any atom is -0.304 e. The number of hydrogen-bond donors (Lipinski definition) is 1. The van der Waals surface area contributed by atoms with Gasteiger partial charge in [-0.2, -0.15) is 0 Å². The van der Waals surface area contributed by atoms with Crippen molar-refractivity contribution >= 4 is 34.5 Å². The van der Waals surface area contributed by atoms with Crippen molar-refractivity contribution in [3.05, 3.63) is 49.9 Å². The summed E-state index contributed by atoms with van der Waals surface area (Å²) in [5.41, 5.74) is 2.00. The molecule has 0 aliphatic carbocycles. The molecule has 2 aromatic rings. The Hall–Kier alpha value is -0.610. The van der Waals surface area contributed by atoms with Crippen LogP contribution in [-0.2, 0) is 0 Å². The van der Waals surface area contributed by atoms with E-state index in [0.29, 0.717) is 10.0 Å². The number of halogens is 2. The van der Waals surface area contributed by atoms with E-state index in [1.54, 1.807) is 17.4 Å². The summed E-state index contributed by atoms with van der Waals surface area (Å²) in [6.07, 6.45) is 0. The molecule has 0 amide bonds. The molecule has 0 radical (unpaired) electrons. The van der Waals surface area contributed by atoms with Crippen molar-refractivity contribution in [2.24, 2.45) is 0 Å². The maximum absolute atomic E-state index is 6.26. The first-order valence-corrected chi connectivity index (χ1v) is 7.35. The molecule has 0 bridgehead atoms. The molecule has 18 heavy (non-hydrogen) atoms. The molecule has 96 valence electrons. The van der Waals surface area contributed by atoms with Crippen LogP contribution >= 0.6 is 34.5 Å². The Balaban J connectivity index is 2.44. The van der Waals surface area contributed by atoms with Crippen LogP contribution in [0.25, 0.3) is 0 Å². The maximum atomic E-state index is 6.26. The van der Waals surface area contributed by atoms with Crippen LogP contribution in [0.2, 0.25) is 10.0 Å².